The van der Waals surface area contributed by atoms with E-state index >= 15 is 0 Å². The first-order valence-electron chi connectivity index (χ1n) is 5.33. The molecule has 5 heteroatoms. The lowest BCUT2D eigenvalue weighted by molar-refractivity contribution is -0.121. The molecular weight excluding hydrogens is 222 g/mol. The van der Waals surface area contributed by atoms with Crippen molar-refractivity contribution in [2.75, 3.05) is 20.3 Å². The maximum Gasteiger partial charge on any atom is 0.224 e. The number of carbonyl (C=O) groups is 1. The number of nitrogens with one attached hydrogen (secondary N) is 1. The molecule has 1 amide bonds. The van der Waals surface area contributed by atoms with Crippen molar-refractivity contribution in [3.05, 3.63) is 29.8 Å². The Morgan fingerprint density at radius 2 is 1.88 bits per heavy atom. The Labute approximate surface area is 100 Å². The zero-order valence-electron chi connectivity index (χ0n) is 9.72. The Balaban J connectivity index is 2.49. The van der Waals surface area contributed by atoms with Gasteiger partial charge in [-0.15, -0.1) is 0 Å². The van der Waals surface area contributed by atoms with Crippen LogP contribution in [0.2, 0.25) is 0 Å². The summed E-state index contributed by atoms with van der Waals surface area (Å²) in [7, 11) is 1.58. The topological polar surface area (TPSA) is 78.8 Å². The van der Waals surface area contributed by atoms with Gasteiger partial charge in [0, 0.05) is 0 Å². The van der Waals surface area contributed by atoms with E-state index in [0.29, 0.717) is 0 Å². The zero-order chi connectivity index (χ0) is 12.7. The highest BCUT2D eigenvalue weighted by molar-refractivity contribution is 5.78. The molecule has 0 aliphatic heterocycles. The number of ether oxygens (including phenoxy) is 1. The largest absolute Gasteiger partial charge is 0.497 e. The molecule has 0 aromatic heterocycles. The standard InChI is InChI=1S/C12H17NO4/c1-17-11-4-2-9(3-5-11)6-12(16)13-10(7-14)8-15/h2-5,10,14-15H,6-8H2,1H3,(H,13,16). The van der Waals surface area contributed by atoms with E-state index < -0.39 is 6.04 Å². The molecule has 0 bridgehead atoms. The second-order valence-corrected chi connectivity index (χ2v) is 3.65. The number of methoxy groups -OCH3 is 1. The smallest absolute Gasteiger partial charge is 0.224 e. The molecule has 0 spiro atoms. The van der Waals surface area contributed by atoms with Crippen molar-refractivity contribution >= 4 is 5.91 Å². The molecule has 5 nitrogen and oxygen atoms in total. The van der Waals surface area contributed by atoms with Gasteiger partial charge in [0.25, 0.3) is 0 Å². The Morgan fingerprint density at radius 3 is 2.35 bits per heavy atom. The van der Waals surface area contributed by atoms with Crippen LogP contribution in [-0.4, -0.2) is 42.5 Å². The van der Waals surface area contributed by atoms with Crippen LogP contribution in [0, 0.1) is 0 Å². The van der Waals surface area contributed by atoms with Crippen molar-refractivity contribution in [2.24, 2.45) is 0 Å². The summed E-state index contributed by atoms with van der Waals surface area (Å²) in [4.78, 5) is 11.5. The number of aliphatic hydroxyl groups is 2. The van der Waals surface area contributed by atoms with E-state index in [4.69, 9.17) is 14.9 Å². The average Bonchev–Trinajstić information content (AvgIpc) is 2.37. The number of benzene rings is 1. The SMILES string of the molecule is COc1ccc(CC(=O)NC(CO)CO)cc1. The van der Waals surface area contributed by atoms with Crippen molar-refractivity contribution in [3.63, 3.8) is 0 Å². The molecule has 0 saturated carbocycles. The van der Waals surface area contributed by atoms with Crippen LogP contribution in [0.1, 0.15) is 5.56 Å². The van der Waals surface area contributed by atoms with Crippen LogP contribution in [0.15, 0.2) is 24.3 Å². The van der Waals surface area contributed by atoms with Crippen LogP contribution in [0.3, 0.4) is 0 Å². The first kappa shape index (κ1) is 13.5. The van der Waals surface area contributed by atoms with Crippen LogP contribution in [0.4, 0.5) is 0 Å². The molecule has 0 fully saturated rings. The number of hydrogen-bond acceptors (Lipinski definition) is 4. The lowest BCUT2D eigenvalue weighted by atomic mass is 10.1. The maximum atomic E-state index is 11.5. The summed E-state index contributed by atoms with van der Waals surface area (Å²) in [5.41, 5.74) is 0.845. The van der Waals surface area contributed by atoms with Gasteiger partial charge in [-0.25, -0.2) is 0 Å². The number of aliphatic hydroxyl groups excluding tert-OH is 2. The van der Waals surface area contributed by atoms with Crippen molar-refractivity contribution in [1.29, 1.82) is 0 Å². The molecule has 1 aromatic carbocycles. The summed E-state index contributed by atoms with van der Waals surface area (Å²) in [6.07, 6.45) is 0.209. The van der Waals surface area contributed by atoms with E-state index in [-0.39, 0.29) is 25.5 Å². The number of hydrogen-bond donors (Lipinski definition) is 3. The summed E-state index contributed by atoms with van der Waals surface area (Å²) >= 11 is 0. The van der Waals surface area contributed by atoms with Crippen molar-refractivity contribution < 1.29 is 19.7 Å². The second kappa shape index (κ2) is 6.88. The van der Waals surface area contributed by atoms with Gasteiger partial charge in [-0.1, -0.05) is 12.1 Å². The van der Waals surface area contributed by atoms with Gasteiger partial charge in [0.1, 0.15) is 5.75 Å². The van der Waals surface area contributed by atoms with Gasteiger partial charge in [-0.3, -0.25) is 4.79 Å². The zero-order valence-corrected chi connectivity index (χ0v) is 9.72. The molecule has 17 heavy (non-hydrogen) atoms. The van der Waals surface area contributed by atoms with Crippen molar-refractivity contribution in [2.45, 2.75) is 12.5 Å². The average molecular weight is 239 g/mol. The fourth-order valence-electron chi connectivity index (χ4n) is 1.36. The normalized spacial score (nSPS) is 10.4. The fourth-order valence-corrected chi connectivity index (χ4v) is 1.36. The third-order valence-electron chi connectivity index (χ3n) is 2.33. The van der Waals surface area contributed by atoms with Crippen LogP contribution in [0.25, 0.3) is 0 Å². The Bertz CT molecular complexity index is 346. The first-order chi connectivity index (χ1) is 8.19. The minimum atomic E-state index is -0.597. The molecule has 1 aromatic rings. The van der Waals surface area contributed by atoms with Gasteiger partial charge in [-0.2, -0.15) is 0 Å². The van der Waals surface area contributed by atoms with E-state index in [1.165, 1.54) is 0 Å². The predicted molar refractivity (Wildman–Crippen MR) is 62.8 cm³/mol. The predicted octanol–water partition coefficient (Wildman–Crippen LogP) is -0.293. The summed E-state index contributed by atoms with van der Waals surface area (Å²) in [6, 6.07) is 6.55. The fraction of sp³-hybridized carbons (Fsp3) is 0.417. The highest BCUT2D eigenvalue weighted by atomic mass is 16.5. The van der Waals surface area contributed by atoms with E-state index in [1.807, 2.05) is 0 Å². The van der Waals surface area contributed by atoms with Gasteiger partial charge in [0.2, 0.25) is 5.91 Å². The Morgan fingerprint density at radius 1 is 1.29 bits per heavy atom. The molecule has 3 N–H and O–H groups in total. The first-order valence-corrected chi connectivity index (χ1v) is 5.33. The van der Waals surface area contributed by atoms with Crippen LogP contribution in [-0.2, 0) is 11.2 Å². The summed E-state index contributed by atoms with van der Waals surface area (Å²) in [6.45, 7) is -0.546. The van der Waals surface area contributed by atoms with Crippen LogP contribution < -0.4 is 10.1 Å². The van der Waals surface area contributed by atoms with Gasteiger partial charge in [-0.05, 0) is 17.7 Å². The maximum absolute atomic E-state index is 11.5. The lowest BCUT2D eigenvalue weighted by Crippen LogP contribution is -2.40. The monoisotopic (exact) mass is 239 g/mol. The number of amides is 1. The van der Waals surface area contributed by atoms with E-state index in [1.54, 1.807) is 31.4 Å². The Kier molecular flexibility index (Phi) is 5.45. The summed E-state index contributed by atoms with van der Waals surface area (Å²) in [5.74, 6) is 0.501. The molecule has 0 radical (unpaired) electrons. The Hall–Kier alpha value is -1.59. The quantitative estimate of drug-likeness (QED) is 0.637. The van der Waals surface area contributed by atoms with Gasteiger partial charge < -0.3 is 20.3 Å². The highest BCUT2D eigenvalue weighted by Gasteiger charge is 2.10. The summed E-state index contributed by atoms with van der Waals surface area (Å²) < 4.78 is 5.01. The molecule has 0 aliphatic rings. The minimum absolute atomic E-state index is 0.209. The highest BCUT2D eigenvalue weighted by Crippen LogP contribution is 2.11. The molecule has 0 saturated heterocycles. The third-order valence-corrected chi connectivity index (χ3v) is 2.33. The molecule has 0 unspecified atom stereocenters. The second-order valence-electron chi connectivity index (χ2n) is 3.65. The third kappa shape index (κ3) is 4.42. The van der Waals surface area contributed by atoms with E-state index in [9.17, 15) is 4.79 Å². The van der Waals surface area contributed by atoms with Crippen molar-refractivity contribution in [1.82, 2.24) is 5.32 Å². The van der Waals surface area contributed by atoms with Crippen molar-refractivity contribution in [3.8, 4) is 5.75 Å². The number of carbonyl (C=O) groups excluding carboxylic acids is 1. The summed E-state index contributed by atoms with van der Waals surface area (Å²) in [5, 5.41) is 20.2. The molecule has 1 rings (SSSR count). The molecule has 94 valence electrons. The minimum Gasteiger partial charge on any atom is -0.497 e. The van der Waals surface area contributed by atoms with Crippen LogP contribution in [0.5, 0.6) is 5.75 Å². The van der Waals surface area contributed by atoms with Gasteiger partial charge in [0.05, 0.1) is 32.8 Å². The van der Waals surface area contributed by atoms with Crippen LogP contribution >= 0.6 is 0 Å². The van der Waals surface area contributed by atoms with Gasteiger partial charge >= 0.3 is 0 Å². The molecule has 0 aliphatic carbocycles. The van der Waals surface area contributed by atoms with E-state index in [2.05, 4.69) is 5.32 Å². The lowest BCUT2D eigenvalue weighted by Gasteiger charge is -2.13. The molecular formula is C12H17NO4. The van der Waals surface area contributed by atoms with E-state index in [0.717, 1.165) is 11.3 Å². The molecule has 0 heterocycles. The molecule has 0 atom stereocenters. The van der Waals surface area contributed by atoms with Gasteiger partial charge in [0.15, 0.2) is 0 Å². The number of rotatable bonds is 6.